The quantitative estimate of drug-likeness (QED) is 0.684. The number of hydrogen-bond donors (Lipinski definition) is 1. The number of fused-ring (bicyclic) bond motifs is 2. The molecule has 0 saturated carbocycles. The van der Waals surface area contributed by atoms with Crippen LogP contribution in [0.25, 0.3) is 5.57 Å². The van der Waals surface area contributed by atoms with Gasteiger partial charge in [-0.3, -0.25) is 4.90 Å². The van der Waals surface area contributed by atoms with E-state index in [4.69, 9.17) is 9.78 Å². The predicted octanol–water partition coefficient (Wildman–Crippen LogP) is 2.49. The standard InChI is InChI=1S/C17H22N2O2/c1-19-9-11(10-21-20-2)6-14-13-4-3-5-15-17(13)12(8-18-15)7-16(14)19/h3-6,11-12,16,18H,7-10H2,1-2H3/t11-,12?,16-/m1/s1. The van der Waals surface area contributed by atoms with Crippen molar-refractivity contribution in [3.05, 3.63) is 35.4 Å². The molecule has 0 spiro atoms. The summed E-state index contributed by atoms with van der Waals surface area (Å²) in [6, 6.07) is 7.20. The minimum absolute atomic E-state index is 0.392. The van der Waals surface area contributed by atoms with Crippen LogP contribution in [0.1, 0.15) is 23.5 Å². The Morgan fingerprint density at radius 1 is 1.38 bits per heavy atom. The average molecular weight is 286 g/mol. The molecule has 2 heterocycles. The van der Waals surface area contributed by atoms with Crippen molar-refractivity contribution in [3.63, 3.8) is 0 Å². The molecule has 2 aliphatic heterocycles. The Labute approximate surface area is 125 Å². The molecule has 3 atom stereocenters. The molecule has 0 saturated heterocycles. The van der Waals surface area contributed by atoms with Crippen molar-refractivity contribution < 1.29 is 9.78 Å². The summed E-state index contributed by atoms with van der Waals surface area (Å²) in [5.74, 6) is 1.05. The van der Waals surface area contributed by atoms with Crippen LogP contribution >= 0.6 is 0 Å². The summed E-state index contributed by atoms with van der Waals surface area (Å²) in [6.45, 7) is 2.74. The lowest BCUT2D eigenvalue weighted by atomic mass is 9.75. The van der Waals surface area contributed by atoms with Crippen LogP contribution in [-0.4, -0.2) is 44.8 Å². The van der Waals surface area contributed by atoms with Crippen LogP contribution in [0.5, 0.6) is 0 Å². The van der Waals surface area contributed by atoms with E-state index >= 15 is 0 Å². The van der Waals surface area contributed by atoms with Crippen LogP contribution < -0.4 is 5.32 Å². The largest absolute Gasteiger partial charge is 0.384 e. The van der Waals surface area contributed by atoms with E-state index in [-0.39, 0.29) is 0 Å². The maximum atomic E-state index is 5.16. The maximum absolute atomic E-state index is 5.16. The van der Waals surface area contributed by atoms with E-state index < -0.39 is 0 Å². The van der Waals surface area contributed by atoms with Gasteiger partial charge in [-0.25, -0.2) is 9.78 Å². The van der Waals surface area contributed by atoms with Crippen molar-refractivity contribution in [2.45, 2.75) is 18.4 Å². The molecule has 21 heavy (non-hydrogen) atoms. The van der Waals surface area contributed by atoms with Crippen LogP contribution in [-0.2, 0) is 9.78 Å². The van der Waals surface area contributed by atoms with Gasteiger partial charge in [0.15, 0.2) is 0 Å². The molecule has 0 fully saturated rings. The predicted molar refractivity (Wildman–Crippen MR) is 83.1 cm³/mol. The number of nitrogens with zero attached hydrogens (tertiary/aromatic N) is 1. The second-order valence-electron chi connectivity index (χ2n) is 6.37. The highest BCUT2D eigenvalue weighted by molar-refractivity contribution is 5.81. The van der Waals surface area contributed by atoms with Crippen molar-refractivity contribution >= 4 is 11.3 Å². The number of hydrogen-bond acceptors (Lipinski definition) is 4. The van der Waals surface area contributed by atoms with Gasteiger partial charge in [0, 0.05) is 36.7 Å². The fourth-order valence-corrected chi connectivity index (χ4v) is 4.20. The molecular weight excluding hydrogens is 264 g/mol. The van der Waals surface area contributed by atoms with Crippen LogP contribution in [0.2, 0.25) is 0 Å². The number of likely N-dealkylation sites (N-methyl/N-ethyl adjacent to an activating group) is 1. The van der Waals surface area contributed by atoms with Crippen molar-refractivity contribution in [2.24, 2.45) is 5.92 Å². The van der Waals surface area contributed by atoms with E-state index in [0.717, 1.165) is 13.1 Å². The zero-order valence-corrected chi connectivity index (χ0v) is 12.6. The average Bonchev–Trinajstić information content (AvgIpc) is 2.91. The third-order valence-electron chi connectivity index (χ3n) is 5.10. The molecule has 1 aromatic carbocycles. The first-order valence-electron chi connectivity index (χ1n) is 7.72. The second kappa shape index (κ2) is 5.13. The number of nitrogens with one attached hydrogen (secondary N) is 1. The lowest BCUT2D eigenvalue weighted by molar-refractivity contribution is -0.278. The molecule has 4 heteroatoms. The van der Waals surface area contributed by atoms with Gasteiger partial charge >= 0.3 is 0 Å². The van der Waals surface area contributed by atoms with Crippen LogP contribution in [0.3, 0.4) is 0 Å². The number of anilines is 1. The van der Waals surface area contributed by atoms with Gasteiger partial charge in [0.1, 0.15) is 0 Å². The third-order valence-corrected chi connectivity index (χ3v) is 5.10. The monoisotopic (exact) mass is 286 g/mol. The number of benzene rings is 1. The van der Waals surface area contributed by atoms with Gasteiger partial charge in [0.25, 0.3) is 0 Å². The van der Waals surface area contributed by atoms with Gasteiger partial charge in [0.05, 0.1) is 13.7 Å². The molecule has 1 N–H and O–H groups in total. The van der Waals surface area contributed by atoms with Crippen molar-refractivity contribution in [1.29, 1.82) is 0 Å². The Kier molecular flexibility index (Phi) is 3.25. The molecule has 0 bridgehead atoms. The first-order valence-corrected chi connectivity index (χ1v) is 7.72. The Balaban J connectivity index is 1.75. The maximum Gasteiger partial charge on any atom is 0.0897 e. The fourth-order valence-electron chi connectivity index (χ4n) is 4.20. The Morgan fingerprint density at radius 2 is 2.29 bits per heavy atom. The third kappa shape index (κ3) is 2.09. The van der Waals surface area contributed by atoms with E-state index in [2.05, 4.69) is 41.5 Å². The second-order valence-corrected chi connectivity index (χ2v) is 6.37. The first kappa shape index (κ1) is 13.3. The topological polar surface area (TPSA) is 33.7 Å². The molecule has 1 unspecified atom stereocenters. The Hall–Kier alpha value is -1.36. The van der Waals surface area contributed by atoms with E-state index in [0.29, 0.717) is 24.5 Å². The molecule has 0 radical (unpaired) electrons. The van der Waals surface area contributed by atoms with Gasteiger partial charge in [-0.1, -0.05) is 18.2 Å². The summed E-state index contributed by atoms with van der Waals surface area (Å²) in [4.78, 5) is 12.4. The molecule has 3 aliphatic rings. The smallest absolute Gasteiger partial charge is 0.0897 e. The summed E-state index contributed by atoms with van der Waals surface area (Å²) < 4.78 is 0. The van der Waals surface area contributed by atoms with Gasteiger partial charge in [-0.15, -0.1) is 0 Å². The molecule has 4 nitrogen and oxygen atoms in total. The molecular formula is C17H22N2O2. The molecule has 1 aromatic rings. The highest BCUT2D eigenvalue weighted by Gasteiger charge is 2.39. The van der Waals surface area contributed by atoms with E-state index in [1.807, 2.05) is 0 Å². The summed E-state index contributed by atoms with van der Waals surface area (Å²) in [5.41, 5.74) is 5.77. The first-order chi connectivity index (χ1) is 10.3. The highest BCUT2D eigenvalue weighted by Crippen LogP contribution is 2.48. The van der Waals surface area contributed by atoms with E-state index in [9.17, 15) is 0 Å². The fraction of sp³-hybridized carbons (Fsp3) is 0.529. The van der Waals surface area contributed by atoms with Gasteiger partial charge in [-0.05, 0) is 36.2 Å². The minimum atomic E-state index is 0.392. The van der Waals surface area contributed by atoms with E-state index in [1.54, 1.807) is 7.11 Å². The summed E-state index contributed by atoms with van der Waals surface area (Å²) in [5, 5.41) is 3.56. The summed E-state index contributed by atoms with van der Waals surface area (Å²) in [6.07, 6.45) is 3.63. The normalized spacial score (nSPS) is 30.4. The van der Waals surface area contributed by atoms with Crippen molar-refractivity contribution in [3.8, 4) is 0 Å². The molecule has 4 rings (SSSR count). The molecule has 0 amide bonds. The SMILES string of the molecule is COOC[C@@H]1C=C2c3cccc4c3C(CN4)C[C@H]2N(C)C1. The lowest BCUT2D eigenvalue weighted by Gasteiger charge is -2.42. The molecule has 0 aromatic heterocycles. The lowest BCUT2D eigenvalue weighted by Crippen LogP contribution is -2.43. The van der Waals surface area contributed by atoms with Gasteiger partial charge < -0.3 is 5.32 Å². The molecule has 1 aliphatic carbocycles. The Bertz CT molecular complexity index is 584. The Morgan fingerprint density at radius 3 is 3.14 bits per heavy atom. The van der Waals surface area contributed by atoms with Crippen molar-refractivity contribution in [1.82, 2.24) is 4.90 Å². The van der Waals surface area contributed by atoms with E-state index in [1.165, 1.54) is 28.8 Å². The summed E-state index contributed by atoms with van der Waals surface area (Å²) >= 11 is 0. The molecule has 112 valence electrons. The summed E-state index contributed by atoms with van der Waals surface area (Å²) in [7, 11) is 3.80. The highest BCUT2D eigenvalue weighted by atomic mass is 17.2. The number of rotatable bonds is 3. The zero-order valence-electron chi connectivity index (χ0n) is 12.6. The van der Waals surface area contributed by atoms with Gasteiger partial charge in [0.2, 0.25) is 0 Å². The van der Waals surface area contributed by atoms with Gasteiger partial charge in [-0.2, -0.15) is 0 Å². The van der Waals surface area contributed by atoms with Crippen LogP contribution in [0.15, 0.2) is 24.3 Å². The zero-order chi connectivity index (χ0) is 14.4. The van der Waals surface area contributed by atoms with Crippen molar-refractivity contribution in [2.75, 3.05) is 39.2 Å². The van der Waals surface area contributed by atoms with Crippen LogP contribution in [0.4, 0.5) is 5.69 Å². The minimum Gasteiger partial charge on any atom is -0.384 e. The van der Waals surface area contributed by atoms with Crippen LogP contribution in [0, 0.1) is 5.92 Å².